The number of aromatic nitrogens is 2. The van der Waals surface area contributed by atoms with Gasteiger partial charge in [-0.05, 0) is 78.6 Å². The predicted molar refractivity (Wildman–Crippen MR) is 149 cm³/mol. The number of nitrogens with zero attached hydrogens (tertiary/aromatic N) is 5. The van der Waals surface area contributed by atoms with E-state index < -0.39 is 42.7 Å². The van der Waals surface area contributed by atoms with Crippen LogP contribution in [0.5, 0.6) is 0 Å². The van der Waals surface area contributed by atoms with E-state index in [1.165, 1.54) is 18.3 Å². The number of hydrogen-bond acceptors (Lipinski definition) is 9. The summed E-state index contributed by atoms with van der Waals surface area (Å²) in [5, 5.41) is 8.43. The largest absolute Gasteiger partial charge is 0.460 e. The van der Waals surface area contributed by atoms with E-state index in [2.05, 4.69) is 14.3 Å². The smallest absolute Gasteiger partial charge is 0.312 e. The number of rotatable bonds is 6. The number of hydrogen-bond donors (Lipinski definition) is 0. The van der Waals surface area contributed by atoms with Gasteiger partial charge >= 0.3 is 5.97 Å². The monoisotopic (exact) mass is 567 g/mol. The standard InChI is InChI=1S/C29H34FN5O4S/c1-17-12-18(15-31)16-32-25(17)21(36)13-19-8-9-20(30)26(34-19)29(7)23-10-11-33-40(23,38)28(5,6)22(35-29)14-24(37)39-27(2,3)4/h8-9,12,16,23H,10-11,13-14H2,1-7H3/t23-,29+,40+/m1/s1. The molecule has 40 heavy (non-hydrogen) atoms. The summed E-state index contributed by atoms with van der Waals surface area (Å²) in [6.07, 6.45) is 1.37. The molecule has 0 radical (unpaired) electrons. The molecule has 0 bridgehead atoms. The number of nitriles is 1. The molecule has 2 aliphatic rings. The second kappa shape index (κ2) is 10.1. The Kier molecular flexibility index (Phi) is 7.47. The molecule has 0 unspecified atom stereocenters. The summed E-state index contributed by atoms with van der Waals surface area (Å²) in [6.45, 7) is 12.5. The fourth-order valence-electron chi connectivity index (χ4n) is 5.40. The van der Waals surface area contributed by atoms with Crippen molar-refractivity contribution in [2.24, 2.45) is 9.36 Å². The van der Waals surface area contributed by atoms with E-state index in [0.717, 1.165) is 0 Å². The van der Waals surface area contributed by atoms with Crippen molar-refractivity contribution in [1.29, 1.82) is 5.26 Å². The second-order valence-electron chi connectivity index (χ2n) is 11.9. The number of carbonyl (C=O) groups is 2. The van der Waals surface area contributed by atoms with Gasteiger partial charge in [-0.25, -0.2) is 13.0 Å². The molecular formula is C29H34FN5O4S. The molecule has 0 saturated carbocycles. The van der Waals surface area contributed by atoms with Crippen molar-refractivity contribution in [3.05, 3.63) is 58.4 Å². The van der Waals surface area contributed by atoms with E-state index in [9.17, 15) is 13.8 Å². The van der Waals surface area contributed by atoms with Gasteiger partial charge in [-0.1, -0.05) is 0 Å². The zero-order chi connectivity index (χ0) is 29.7. The number of pyridine rings is 2. The molecule has 0 N–H and O–H groups in total. The highest BCUT2D eigenvalue weighted by molar-refractivity contribution is 7.96. The fraction of sp³-hybridized carbons (Fsp3) is 0.517. The van der Waals surface area contributed by atoms with Crippen molar-refractivity contribution in [2.45, 2.75) is 88.9 Å². The number of ether oxygens (including phenoxy) is 1. The minimum atomic E-state index is -3.00. The second-order valence-corrected chi connectivity index (χ2v) is 14.9. The molecule has 4 rings (SSSR count). The Labute approximate surface area is 234 Å². The first-order valence-electron chi connectivity index (χ1n) is 13.1. The van der Waals surface area contributed by atoms with Gasteiger partial charge in [0.05, 0.1) is 38.1 Å². The van der Waals surface area contributed by atoms with E-state index >= 15 is 4.39 Å². The van der Waals surface area contributed by atoms with Gasteiger partial charge in [0, 0.05) is 24.1 Å². The molecule has 212 valence electrons. The zero-order valence-electron chi connectivity index (χ0n) is 23.9. The Morgan fingerprint density at radius 1 is 1.23 bits per heavy atom. The summed E-state index contributed by atoms with van der Waals surface area (Å²) >= 11 is 0. The van der Waals surface area contributed by atoms with Crippen molar-refractivity contribution in [3.63, 3.8) is 0 Å². The molecule has 0 spiro atoms. The lowest BCUT2D eigenvalue weighted by Gasteiger charge is -2.45. The summed E-state index contributed by atoms with van der Waals surface area (Å²) in [6, 6.07) is 6.22. The van der Waals surface area contributed by atoms with Gasteiger partial charge in [0.25, 0.3) is 0 Å². The van der Waals surface area contributed by atoms with Crippen LogP contribution in [0, 0.1) is 24.1 Å². The Bertz CT molecular complexity index is 1590. The van der Waals surface area contributed by atoms with Crippen molar-refractivity contribution < 1.29 is 22.9 Å². The average Bonchev–Trinajstić information content (AvgIpc) is 3.27. The third-order valence-corrected chi connectivity index (χ3v) is 11.1. The number of carbonyl (C=O) groups excluding carboxylic acids is 2. The van der Waals surface area contributed by atoms with E-state index in [1.807, 2.05) is 6.07 Å². The molecule has 0 saturated heterocycles. The van der Waals surface area contributed by atoms with E-state index in [0.29, 0.717) is 35.5 Å². The third-order valence-electron chi connectivity index (χ3n) is 7.41. The van der Waals surface area contributed by atoms with Gasteiger partial charge in [0.1, 0.15) is 34.4 Å². The van der Waals surface area contributed by atoms with Gasteiger partial charge in [-0.3, -0.25) is 24.5 Å². The summed E-state index contributed by atoms with van der Waals surface area (Å²) in [4.78, 5) is 39.5. The zero-order valence-corrected chi connectivity index (χ0v) is 24.7. The van der Waals surface area contributed by atoms with Gasteiger partial charge < -0.3 is 4.74 Å². The van der Waals surface area contributed by atoms with Crippen LogP contribution in [0.15, 0.2) is 33.8 Å². The van der Waals surface area contributed by atoms with Crippen LogP contribution in [0.1, 0.15) is 87.4 Å². The lowest BCUT2D eigenvalue weighted by Crippen LogP contribution is -2.56. The predicted octanol–water partition coefficient (Wildman–Crippen LogP) is 4.64. The van der Waals surface area contributed by atoms with Crippen LogP contribution in [0.4, 0.5) is 4.39 Å². The van der Waals surface area contributed by atoms with Crippen LogP contribution in [-0.4, -0.2) is 53.8 Å². The number of esters is 1. The first-order chi connectivity index (χ1) is 18.5. The molecule has 4 heterocycles. The van der Waals surface area contributed by atoms with Gasteiger partial charge in [-0.15, -0.1) is 0 Å². The third kappa shape index (κ3) is 5.17. The van der Waals surface area contributed by atoms with Crippen LogP contribution < -0.4 is 0 Å². The SMILES string of the molecule is Cc1cc(C#N)cnc1C(=O)Cc1ccc(F)c([C@@]2(C)N=C(CC(=O)OC(C)(C)C)C(C)(C)[S@]3(=O)=NCC[C@H]23)n1. The maximum absolute atomic E-state index is 15.5. The average molecular weight is 568 g/mol. The summed E-state index contributed by atoms with van der Waals surface area (Å²) in [5.74, 6) is -1.52. The molecular weight excluding hydrogens is 533 g/mol. The molecule has 0 fully saturated rings. The number of aryl methyl sites for hydroxylation is 1. The highest BCUT2D eigenvalue weighted by Gasteiger charge is 2.58. The van der Waals surface area contributed by atoms with Crippen LogP contribution in [0.3, 0.4) is 0 Å². The fourth-order valence-corrected chi connectivity index (χ4v) is 8.66. The van der Waals surface area contributed by atoms with Crippen LogP contribution in [0.2, 0.25) is 0 Å². The molecule has 11 heteroatoms. The lowest BCUT2D eigenvalue weighted by atomic mass is 9.88. The van der Waals surface area contributed by atoms with Crippen molar-refractivity contribution in [1.82, 2.24) is 9.97 Å². The first-order valence-corrected chi connectivity index (χ1v) is 14.7. The van der Waals surface area contributed by atoms with Crippen LogP contribution in [0.25, 0.3) is 0 Å². The lowest BCUT2D eigenvalue weighted by molar-refractivity contribution is -0.153. The number of ketones is 1. The van der Waals surface area contributed by atoms with Crippen molar-refractivity contribution in [2.75, 3.05) is 6.54 Å². The Balaban J connectivity index is 1.77. The first kappa shape index (κ1) is 29.5. The highest BCUT2D eigenvalue weighted by atomic mass is 32.2. The molecule has 9 nitrogen and oxygen atoms in total. The Morgan fingerprint density at radius 3 is 2.55 bits per heavy atom. The quantitative estimate of drug-likeness (QED) is 0.366. The van der Waals surface area contributed by atoms with Gasteiger partial charge in [0.15, 0.2) is 5.78 Å². The van der Waals surface area contributed by atoms with E-state index in [1.54, 1.807) is 54.5 Å². The highest BCUT2D eigenvalue weighted by Crippen LogP contribution is 2.48. The maximum Gasteiger partial charge on any atom is 0.312 e. The molecule has 3 atom stereocenters. The Morgan fingerprint density at radius 2 is 1.93 bits per heavy atom. The number of fused-ring (bicyclic) bond motifs is 1. The molecule has 2 aromatic heterocycles. The maximum atomic E-state index is 15.5. The summed E-state index contributed by atoms with van der Waals surface area (Å²) in [7, 11) is -3.00. The van der Waals surface area contributed by atoms with Crippen LogP contribution in [-0.2, 0) is 31.2 Å². The number of Topliss-reactive ketones (excluding diaryl/α,β-unsaturated/α-hetero) is 1. The minimum Gasteiger partial charge on any atom is -0.460 e. The van der Waals surface area contributed by atoms with E-state index in [4.69, 9.17) is 15.0 Å². The molecule has 0 aliphatic carbocycles. The van der Waals surface area contributed by atoms with Gasteiger partial charge in [0.2, 0.25) is 0 Å². The summed E-state index contributed by atoms with van der Waals surface area (Å²) < 4.78 is 39.0. The van der Waals surface area contributed by atoms with E-state index in [-0.39, 0.29) is 30.0 Å². The van der Waals surface area contributed by atoms with Crippen molar-refractivity contribution >= 4 is 27.2 Å². The van der Waals surface area contributed by atoms with Crippen molar-refractivity contribution in [3.8, 4) is 6.07 Å². The molecule has 0 amide bonds. The number of aliphatic imine (C=N–C) groups is 1. The molecule has 0 aromatic carbocycles. The number of halogens is 1. The summed E-state index contributed by atoms with van der Waals surface area (Å²) in [5.41, 5.74) is -0.456. The topological polar surface area (TPSA) is 135 Å². The van der Waals surface area contributed by atoms with Crippen LogP contribution >= 0.6 is 0 Å². The Hall–Kier alpha value is -3.52. The molecule has 2 aliphatic heterocycles. The molecule has 2 aromatic rings. The normalized spacial score (nSPS) is 25.3. The van der Waals surface area contributed by atoms with Gasteiger partial charge in [-0.2, -0.15) is 5.26 Å². The minimum absolute atomic E-state index is 0.0469.